The van der Waals surface area contributed by atoms with Gasteiger partial charge in [-0.05, 0) is 38.1 Å². The summed E-state index contributed by atoms with van der Waals surface area (Å²) >= 11 is 6.44. The minimum Gasteiger partial charge on any atom is -0.366 e. The lowest BCUT2D eigenvalue weighted by Crippen LogP contribution is -2.40. The van der Waals surface area contributed by atoms with E-state index in [4.69, 9.17) is 17.3 Å². The van der Waals surface area contributed by atoms with Crippen LogP contribution in [-0.2, 0) is 6.54 Å². The Morgan fingerprint density at radius 1 is 1.37 bits per heavy atom. The van der Waals surface area contributed by atoms with Crippen LogP contribution >= 0.6 is 11.6 Å². The monoisotopic (exact) mass is 281 g/mol. The summed E-state index contributed by atoms with van der Waals surface area (Å²) in [7, 11) is 2.20. The molecule has 1 aromatic rings. The van der Waals surface area contributed by atoms with E-state index in [2.05, 4.69) is 29.8 Å². The van der Waals surface area contributed by atoms with E-state index in [0.29, 0.717) is 12.6 Å². The Kier molecular flexibility index (Phi) is 5.08. The molecule has 1 fully saturated rings. The second-order valence-corrected chi connectivity index (χ2v) is 5.73. The van der Waals surface area contributed by atoms with E-state index in [1.165, 1.54) is 6.42 Å². The average molecular weight is 282 g/mol. The Balaban J connectivity index is 2.37. The molecule has 0 amide bonds. The van der Waals surface area contributed by atoms with Crippen molar-refractivity contribution in [3.63, 3.8) is 0 Å². The van der Waals surface area contributed by atoms with Gasteiger partial charge in [-0.2, -0.15) is 0 Å². The summed E-state index contributed by atoms with van der Waals surface area (Å²) in [5.41, 5.74) is 8.18. The zero-order valence-corrected chi connectivity index (χ0v) is 12.7. The second kappa shape index (κ2) is 6.60. The molecule has 0 radical (unpaired) electrons. The number of hydrogen-bond donors (Lipinski definition) is 1. The van der Waals surface area contributed by atoms with E-state index in [1.807, 2.05) is 12.1 Å². The van der Waals surface area contributed by atoms with E-state index < -0.39 is 0 Å². The van der Waals surface area contributed by atoms with Crippen molar-refractivity contribution in [3.8, 4) is 0 Å². The van der Waals surface area contributed by atoms with Gasteiger partial charge in [-0.1, -0.05) is 30.7 Å². The fraction of sp³-hybridized carbons (Fsp3) is 0.600. The van der Waals surface area contributed by atoms with E-state index in [-0.39, 0.29) is 0 Å². The maximum absolute atomic E-state index is 6.44. The second-order valence-electron chi connectivity index (χ2n) is 5.32. The number of nitrogens with two attached hydrogens (primary N) is 1. The van der Waals surface area contributed by atoms with Crippen LogP contribution in [0.15, 0.2) is 18.2 Å². The van der Waals surface area contributed by atoms with Crippen LogP contribution in [0.5, 0.6) is 0 Å². The van der Waals surface area contributed by atoms with Gasteiger partial charge in [0.15, 0.2) is 0 Å². The molecule has 1 aliphatic heterocycles. The maximum Gasteiger partial charge on any atom is 0.0643 e. The van der Waals surface area contributed by atoms with Crippen LogP contribution in [0.3, 0.4) is 0 Å². The summed E-state index contributed by atoms with van der Waals surface area (Å²) in [5, 5.41) is 0.825. The molecule has 4 heteroatoms. The SMILES string of the molecule is CCC1CN(C)CCCN1c1c(Cl)cccc1CN. The summed E-state index contributed by atoms with van der Waals surface area (Å²) in [6.07, 6.45) is 2.29. The number of rotatable bonds is 3. The third-order valence-corrected chi connectivity index (χ3v) is 4.26. The normalized spacial score (nSPS) is 21.5. The number of anilines is 1. The first-order valence-corrected chi connectivity index (χ1v) is 7.47. The molecular weight excluding hydrogens is 258 g/mol. The zero-order valence-electron chi connectivity index (χ0n) is 11.9. The molecular formula is C15H24ClN3. The van der Waals surface area contributed by atoms with Gasteiger partial charge in [-0.15, -0.1) is 0 Å². The smallest absolute Gasteiger partial charge is 0.0643 e. The Morgan fingerprint density at radius 3 is 2.84 bits per heavy atom. The topological polar surface area (TPSA) is 32.5 Å². The van der Waals surface area contributed by atoms with Crippen molar-refractivity contribution in [3.05, 3.63) is 28.8 Å². The molecule has 2 rings (SSSR count). The van der Waals surface area contributed by atoms with Crippen molar-refractivity contribution in [1.29, 1.82) is 0 Å². The van der Waals surface area contributed by atoms with E-state index >= 15 is 0 Å². The van der Waals surface area contributed by atoms with Gasteiger partial charge in [0.25, 0.3) is 0 Å². The van der Waals surface area contributed by atoms with Gasteiger partial charge < -0.3 is 15.5 Å². The van der Waals surface area contributed by atoms with Crippen LogP contribution in [0.2, 0.25) is 5.02 Å². The zero-order chi connectivity index (χ0) is 13.8. The molecule has 1 aliphatic rings. The molecule has 3 nitrogen and oxygen atoms in total. The Labute approximate surface area is 121 Å². The summed E-state index contributed by atoms with van der Waals surface area (Å²) in [4.78, 5) is 4.88. The van der Waals surface area contributed by atoms with Crippen LogP contribution in [0.25, 0.3) is 0 Å². The Bertz CT molecular complexity index is 422. The van der Waals surface area contributed by atoms with Crippen molar-refractivity contribution in [1.82, 2.24) is 4.90 Å². The number of benzene rings is 1. The predicted molar refractivity (Wildman–Crippen MR) is 82.9 cm³/mol. The molecule has 0 aromatic heterocycles. The van der Waals surface area contributed by atoms with E-state index in [1.54, 1.807) is 0 Å². The van der Waals surface area contributed by atoms with Gasteiger partial charge in [0.1, 0.15) is 0 Å². The van der Waals surface area contributed by atoms with Crippen molar-refractivity contribution >= 4 is 17.3 Å². The predicted octanol–water partition coefficient (Wildman–Crippen LogP) is 2.72. The molecule has 1 heterocycles. The third-order valence-electron chi connectivity index (χ3n) is 3.95. The lowest BCUT2D eigenvalue weighted by Gasteiger charge is -2.34. The number of hydrogen-bond acceptors (Lipinski definition) is 3. The summed E-state index contributed by atoms with van der Waals surface area (Å²) in [6.45, 7) is 6.08. The first kappa shape index (κ1) is 14.6. The van der Waals surface area contributed by atoms with Gasteiger partial charge in [-0.25, -0.2) is 0 Å². The first-order chi connectivity index (χ1) is 9.17. The number of likely N-dealkylation sites (N-methyl/N-ethyl adjacent to an activating group) is 1. The molecule has 0 aliphatic carbocycles. The lowest BCUT2D eigenvalue weighted by atomic mass is 10.1. The first-order valence-electron chi connectivity index (χ1n) is 7.10. The van der Waals surface area contributed by atoms with Crippen LogP contribution in [-0.4, -0.2) is 37.6 Å². The highest BCUT2D eigenvalue weighted by molar-refractivity contribution is 6.33. The molecule has 106 valence electrons. The largest absolute Gasteiger partial charge is 0.366 e. The summed E-state index contributed by atoms with van der Waals surface area (Å²) in [5.74, 6) is 0. The van der Waals surface area contributed by atoms with Crippen molar-refractivity contribution in [2.24, 2.45) is 5.73 Å². The minimum atomic E-state index is 0.512. The van der Waals surface area contributed by atoms with Crippen LogP contribution in [0, 0.1) is 0 Å². The number of halogens is 1. The van der Waals surface area contributed by atoms with Gasteiger partial charge in [0.05, 0.1) is 10.7 Å². The minimum absolute atomic E-state index is 0.512. The summed E-state index contributed by atoms with van der Waals surface area (Å²) in [6, 6.07) is 6.55. The number of nitrogens with zero attached hydrogens (tertiary/aromatic N) is 2. The lowest BCUT2D eigenvalue weighted by molar-refractivity contribution is 0.328. The van der Waals surface area contributed by atoms with Gasteiger partial charge in [-0.3, -0.25) is 0 Å². The standard InChI is InChI=1S/C15H24ClN3/c1-3-13-11-18(2)8-5-9-19(13)15-12(10-17)6-4-7-14(15)16/h4,6-7,13H,3,5,8-11,17H2,1-2H3. The molecule has 0 spiro atoms. The highest BCUT2D eigenvalue weighted by atomic mass is 35.5. The van der Waals surface area contributed by atoms with Gasteiger partial charge in [0.2, 0.25) is 0 Å². The molecule has 0 saturated carbocycles. The quantitative estimate of drug-likeness (QED) is 0.925. The van der Waals surface area contributed by atoms with Crippen molar-refractivity contribution in [2.75, 3.05) is 31.6 Å². The van der Waals surface area contributed by atoms with Gasteiger partial charge >= 0.3 is 0 Å². The molecule has 1 unspecified atom stereocenters. The van der Waals surface area contributed by atoms with E-state index in [9.17, 15) is 0 Å². The highest BCUT2D eigenvalue weighted by Gasteiger charge is 2.25. The van der Waals surface area contributed by atoms with Crippen molar-refractivity contribution < 1.29 is 0 Å². The third kappa shape index (κ3) is 3.22. The number of para-hydroxylation sites is 1. The van der Waals surface area contributed by atoms with Crippen LogP contribution in [0.1, 0.15) is 25.3 Å². The fourth-order valence-electron chi connectivity index (χ4n) is 2.93. The molecule has 1 aromatic carbocycles. The van der Waals surface area contributed by atoms with Crippen molar-refractivity contribution in [2.45, 2.75) is 32.4 Å². The van der Waals surface area contributed by atoms with E-state index in [0.717, 1.165) is 42.3 Å². The molecule has 1 saturated heterocycles. The molecule has 1 atom stereocenters. The maximum atomic E-state index is 6.44. The Hall–Kier alpha value is -0.770. The van der Waals surface area contributed by atoms with Gasteiger partial charge in [0, 0.05) is 25.7 Å². The summed E-state index contributed by atoms with van der Waals surface area (Å²) < 4.78 is 0. The Morgan fingerprint density at radius 2 is 2.16 bits per heavy atom. The molecule has 0 bridgehead atoms. The fourth-order valence-corrected chi connectivity index (χ4v) is 3.24. The molecule has 19 heavy (non-hydrogen) atoms. The average Bonchev–Trinajstić information content (AvgIpc) is 2.59. The van der Waals surface area contributed by atoms with Crippen LogP contribution in [0.4, 0.5) is 5.69 Å². The highest BCUT2D eigenvalue weighted by Crippen LogP contribution is 2.33. The molecule has 2 N–H and O–H groups in total. The van der Waals surface area contributed by atoms with Crippen LogP contribution < -0.4 is 10.6 Å².